The van der Waals surface area contributed by atoms with Crippen LogP contribution >= 0.6 is 0 Å². The zero-order valence-corrected chi connectivity index (χ0v) is 12.2. The smallest absolute Gasteiger partial charge is 0.0700 e. The molecule has 1 aliphatic heterocycles. The second-order valence-corrected chi connectivity index (χ2v) is 6.59. The molecule has 0 bridgehead atoms. The molecule has 1 saturated carbocycles. The summed E-state index contributed by atoms with van der Waals surface area (Å²) in [6.45, 7) is 3.21. The van der Waals surface area contributed by atoms with Crippen LogP contribution in [0.15, 0.2) is 24.3 Å². The van der Waals surface area contributed by atoms with E-state index in [0.717, 1.165) is 44.6 Å². The topological polar surface area (TPSA) is 49.5 Å². The first kappa shape index (κ1) is 13.9. The minimum atomic E-state index is -0.351. The van der Waals surface area contributed by atoms with E-state index in [1.165, 1.54) is 24.8 Å². The third-order valence-corrected chi connectivity index (χ3v) is 5.21. The number of piperidine rings is 1. The Morgan fingerprint density at radius 3 is 2.80 bits per heavy atom. The van der Waals surface area contributed by atoms with Gasteiger partial charge in [-0.1, -0.05) is 25.0 Å². The van der Waals surface area contributed by atoms with E-state index in [4.69, 9.17) is 5.73 Å². The van der Waals surface area contributed by atoms with Gasteiger partial charge in [0.2, 0.25) is 0 Å². The minimum absolute atomic E-state index is 0.351. The zero-order valence-electron chi connectivity index (χ0n) is 12.2. The van der Waals surface area contributed by atoms with E-state index in [1.807, 2.05) is 12.1 Å². The minimum Gasteiger partial charge on any atom is -0.399 e. The molecule has 2 unspecified atom stereocenters. The molecule has 110 valence electrons. The fraction of sp³-hybridized carbons (Fsp3) is 0.647. The molecule has 0 spiro atoms. The summed E-state index contributed by atoms with van der Waals surface area (Å²) in [5, 5.41) is 10.7. The summed E-state index contributed by atoms with van der Waals surface area (Å²) in [7, 11) is 0. The second kappa shape index (κ2) is 5.74. The number of aliphatic hydroxyl groups is 1. The van der Waals surface area contributed by atoms with Crippen LogP contribution in [0.25, 0.3) is 0 Å². The molecule has 0 radical (unpaired) electrons. The van der Waals surface area contributed by atoms with E-state index < -0.39 is 0 Å². The van der Waals surface area contributed by atoms with E-state index in [1.54, 1.807) is 0 Å². The van der Waals surface area contributed by atoms with Gasteiger partial charge in [-0.3, -0.25) is 0 Å². The number of nitrogens with zero attached hydrogens (tertiary/aromatic N) is 1. The van der Waals surface area contributed by atoms with Crippen molar-refractivity contribution in [3.63, 3.8) is 0 Å². The third kappa shape index (κ3) is 2.99. The molecule has 1 heterocycles. The van der Waals surface area contributed by atoms with Crippen molar-refractivity contribution >= 4 is 5.69 Å². The Kier molecular flexibility index (Phi) is 3.99. The number of nitrogen functional groups attached to an aromatic ring is 1. The number of fused-ring (bicyclic) bond motifs is 1. The molecule has 1 aliphatic carbocycles. The van der Waals surface area contributed by atoms with Gasteiger partial charge in [0, 0.05) is 31.2 Å². The molecule has 2 fully saturated rings. The van der Waals surface area contributed by atoms with Crippen LogP contribution in [0.5, 0.6) is 0 Å². The van der Waals surface area contributed by atoms with Crippen molar-refractivity contribution in [3.8, 4) is 0 Å². The van der Waals surface area contributed by atoms with E-state index >= 15 is 0 Å². The van der Waals surface area contributed by atoms with Gasteiger partial charge in [0.1, 0.15) is 0 Å². The van der Waals surface area contributed by atoms with Crippen LogP contribution in [0.4, 0.5) is 5.69 Å². The van der Waals surface area contributed by atoms with Gasteiger partial charge in [-0.2, -0.15) is 0 Å². The summed E-state index contributed by atoms with van der Waals surface area (Å²) < 4.78 is 0. The van der Waals surface area contributed by atoms with E-state index in [9.17, 15) is 5.11 Å². The van der Waals surface area contributed by atoms with Gasteiger partial charge in [0.05, 0.1) is 5.60 Å². The Hall–Kier alpha value is -1.06. The Balaban J connectivity index is 1.53. The van der Waals surface area contributed by atoms with Gasteiger partial charge in [-0.05, 0) is 43.4 Å². The fourth-order valence-corrected chi connectivity index (χ4v) is 3.81. The number of nitrogens with two attached hydrogens (primary N) is 1. The van der Waals surface area contributed by atoms with Crippen LogP contribution in [-0.2, 0) is 6.42 Å². The predicted octanol–water partition coefficient (Wildman–Crippen LogP) is 2.44. The molecule has 0 amide bonds. The van der Waals surface area contributed by atoms with Crippen LogP contribution in [0.2, 0.25) is 0 Å². The summed E-state index contributed by atoms with van der Waals surface area (Å²) in [6, 6.07) is 8.20. The van der Waals surface area contributed by atoms with E-state index in [2.05, 4.69) is 17.0 Å². The Labute approximate surface area is 121 Å². The van der Waals surface area contributed by atoms with Crippen molar-refractivity contribution in [3.05, 3.63) is 29.8 Å². The summed E-state index contributed by atoms with van der Waals surface area (Å²) in [5.41, 5.74) is 7.55. The Morgan fingerprint density at radius 2 is 2.00 bits per heavy atom. The molecular weight excluding hydrogens is 248 g/mol. The van der Waals surface area contributed by atoms with Gasteiger partial charge < -0.3 is 15.7 Å². The molecule has 20 heavy (non-hydrogen) atoms. The average molecular weight is 274 g/mol. The highest BCUT2D eigenvalue weighted by Gasteiger charge is 2.42. The highest BCUT2D eigenvalue weighted by molar-refractivity contribution is 5.39. The van der Waals surface area contributed by atoms with Crippen molar-refractivity contribution in [2.45, 2.75) is 44.1 Å². The van der Waals surface area contributed by atoms with Crippen molar-refractivity contribution in [1.29, 1.82) is 0 Å². The fourth-order valence-electron chi connectivity index (χ4n) is 3.81. The Morgan fingerprint density at radius 1 is 1.20 bits per heavy atom. The number of hydrogen-bond donors (Lipinski definition) is 2. The van der Waals surface area contributed by atoms with Crippen molar-refractivity contribution in [1.82, 2.24) is 4.90 Å². The van der Waals surface area contributed by atoms with Gasteiger partial charge in [-0.25, -0.2) is 0 Å². The predicted molar refractivity (Wildman–Crippen MR) is 82.5 cm³/mol. The number of likely N-dealkylation sites (tertiary alicyclic amines) is 1. The third-order valence-electron chi connectivity index (χ3n) is 5.21. The molecule has 1 aromatic rings. The number of hydrogen-bond acceptors (Lipinski definition) is 3. The highest BCUT2D eigenvalue weighted by atomic mass is 16.3. The van der Waals surface area contributed by atoms with E-state index in [0.29, 0.717) is 5.92 Å². The second-order valence-electron chi connectivity index (χ2n) is 6.59. The first-order valence-corrected chi connectivity index (χ1v) is 7.95. The highest BCUT2D eigenvalue weighted by Crippen LogP contribution is 2.39. The molecular formula is C17H26N2O. The normalized spacial score (nSPS) is 30.9. The van der Waals surface area contributed by atoms with Gasteiger partial charge in [-0.15, -0.1) is 0 Å². The summed E-state index contributed by atoms with van der Waals surface area (Å²) in [4.78, 5) is 2.53. The molecule has 3 N–H and O–H groups in total. The molecule has 3 rings (SSSR count). The van der Waals surface area contributed by atoms with Crippen molar-refractivity contribution < 1.29 is 5.11 Å². The van der Waals surface area contributed by atoms with Crippen LogP contribution in [0, 0.1) is 5.92 Å². The molecule has 1 aromatic carbocycles. The van der Waals surface area contributed by atoms with E-state index in [-0.39, 0.29) is 5.60 Å². The number of benzene rings is 1. The molecule has 2 aliphatic rings. The zero-order chi connectivity index (χ0) is 14.0. The standard InChI is InChI=1S/C17H26N2O/c18-16-6-4-14(5-7-16)8-11-19-12-10-17(20)9-2-1-3-15(17)13-19/h4-7,15,20H,1-3,8-13,18H2. The van der Waals surface area contributed by atoms with Gasteiger partial charge in [0.25, 0.3) is 0 Å². The van der Waals surface area contributed by atoms with Gasteiger partial charge in [0.15, 0.2) is 0 Å². The largest absolute Gasteiger partial charge is 0.399 e. The molecule has 0 aromatic heterocycles. The van der Waals surface area contributed by atoms with Gasteiger partial charge >= 0.3 is 0 Å². The lowest BCUT2D eigenvalue weighted by Gasteiger charge is -2.47. The molecule has 1 saturated heterocycles. The average Bonchev–Trinajstić information content (AvgIpc) is 2.46. The van der Waals surface area contributed by atoms with Crippen LogP contribution in [0.3, 0.4) is 0 Å². The Bertz CT molecular complexity index is 445. The maximum absolute atomic E-state index is 10.7. The maximum Gasteiger partial charge on any atom is 0.0700 e. The molecule has 3 heteroatoms. The quantitative estimate of drug-likeness (QED) is 0.832. The van der Waals surface area contributed by atoms with Crippen molar-refractivity contribution in [2.75, 3.05) is 25.4 Å². The lowest BCUT2D eigenvalue weighted by Crippen LogP contribution is -2.53. The number of anilines is 1. The molecule has 2 atom stereocenters. The lowest BCUT2D eigenvalue weighted by atomic mass is 9.71. The number of rotatable bonds is 3. The summed E-state index contributed by atoms with van der Waals surface area (Å²) in [5.74, 6) is 0.497. The monoisotopic (exact) mass is 274 g/mol. The molecule has 3 nitrogen and oxygen atoms in total. The van der Waals surface area contributed by atoms with Crippen LogP contribution < -0.4 is 5.73 Å². The van der Waals surface area contributed by atoms with Crippen LogP contribution in [0.1, 0.15) is 37.7 Å². The van der Waals surface area contributed by atoms with Crippen molar-refractivity contribution in [2.24, 2.45) is 5.92 Å². The summed E-state index contributed by atoms with van der Waals surface area (Å²) >= 11 is 0. The summed E-state index contributed by atoms with van der Waals surface area (Å²) in [6.07, 6.45) is 6.75. The van der Waals surface area contributed by atoms with Crippen LogP contribution in [-0.4, -0.2) is 35.2 Å². The first-order chi connectivity index (χ1) is 9.66. The first-order valence-electron chi connectivity index (χ1n) is 7.95. The SMILES string of the molecule is Nc1ccc(CCN2CCC3(O)CCCCC3C2)cc1. The maximum atomic E-state index is 10.7. The lowest BCUT2D eigenvalue weighted by molar-refractivity contribution is -0.0950.